The van der Waals surface area contributed by atoms with Gasteiger partial charge in [0, 0.05) is 0 Å². The van der Waals surface area contributed by atoms with Gasteiger partial charge < -0.3 is 9.84 Å². The maximum Gasteiger partial charge on any atom is 0.144 e. The van der Waals surface area contributed by atoms with Gasteiger partial charge in [0.05, 0.1) is 0 Å². The number of aliphatic hydroxyl groups excluding tert-OH is 1. The average molecular weight is 252 g/mol. The molecule has 2 rings (SSSR count). The van der Waals surface area contributed by atoms with E-state index in [1.807, 2.05) is 54.6 Å². The predicted octanol–water partition coefficient (Wildman–Crippen LogP) is 4.20. The summed E-state index contributed by atoms with van der Waals surface area (Å²) in [6, 6.07) is 17.6. The molecule has 1 N–H and O–H groups in total. The van der Waals surface area contributed by atoms with Gasteiger partial charge in [-0.15, -0.1) is 0 Å². The van der Waals surface area contributed by atoms with Crippen molar-refractivity contribution < 1.29 is 9.84 Å². The fourth-order valence-corrected chi connectivity index (χ4v) is 1.72. The Kier molecular flexibility index (Phi) is 4.04. The lowest BCUT2D eigenvalue weighted by molar-refractivity contribution is 0.272. The van der Waals surface area contributed by atoms with Gasteiger partial charge >= 0.3 is 0 Å². The number of hydrogen-bond donors (Lipinski definition) is 1. The third-order valence-electron chi connectivity index (χ3n) is 2.73. The first-order valence-electron chi connectivity index (χ1n) is 6.01. The van der Waals surface area contributed by atoms with Crippen LogP contribution in [0.5, 0.6) is 5.75 Å². The van der Waals surface area contributed by atoms with E-state index < -0.39 is 0 Å². The highest BCUT2D eigenvalue weighted by molar-refractivity contribution is 5.78. The second-order valence-electron chi connectivity index (χ2n) is 4.22. The van der Waals surface area contributed by atoms with Crippen LogP contribution >= 0.6 is 0 Å². The maximum absolute atomic E-state index is 8.97. The van der Waals surface area contributed by atoms with E-state index in [2.05, 4.69) is 13.2 Å². The van der Waals surface area contributed by atoms with E-state index in [1.165, 1.54) is 0 Å². The molecule has 0 aliphatic carbocycles. The normalized spacial score (nSPS) is 9.89. The summed E-state index contributed by atoms with van der Waals surface area (Å²) in [5.41, 5.74) is 3.11. The van der Waals surface area contributed by atoms with Crippen LogP contribution in [0.3, 0.4) is 0 Å². The minimum absolute atomic E-state index is 0.0118. The molecule has 0 aliphatic rings. The summed E-state index contributed by atoms with van der Waals surface area (Å²) in [5, 5.41) is 8.97. The van der Waals surface area contributed by atoms with E-state index in [1.54, 1.807) is 0 Å². The zero-order chi connectivity index (χ0) is 13.7. The standard InChI is InChI=1S/C17H16O2/c1-13(18)12-19-17-10-8-16(9-11-17)14(2)15-6-4-3-5-7-15/h3-11,18H,1-2,12H2. The van der Waals surface area contributed by atoms with Crippen molar-refractivity contribution in [3.63, 3.8) is 0 Å². The smallest absolute Gasteiger partial charge is 0.144 e. The molecule has 96 valence electrons. The molecule has 0 saturated heterocycles. The van der Waals surface area contributed by atoms with Gasteiger partial charge in [-0.05, 0) is 28.8 Å². The second-order valence-corrected chi connectivity index (χ2v) is 4.22. The van der Waals surface area contributed by atoms with E-state index in [-0.39, 0.29) is 12.4 Å². The summed E-state index contributed by atoms with van der Waals surface area (Å²) in [6.07, 6.45) is 0. The molecule has 0 fully saturated rings. The van der Waals surface area contributed by atoms with Gasteiger partial charge in [0.1, 0.15) is 18.1 Å². The van der Waals surface area contributed by atoms with Crippen molar-refractivity contribution in [3.8, 4) is 5.75 Å². The molecule has 0 unspecified atom stereocenters. The van der Waals surface area contributed by atoms with E-state index in [0.717, 1.165) is 16.7 Å². The first-order valence-corrected chi connectivity index (χ1v) is 6.01. The summed E-state index contributed by atoms with van der Waals surface area (Å²) in [6.45, 7) is 7.59. The predicted molar refractivity (Wildman–Crippen MR) is 78.3 cm³/mol. The fraction of sp³-hybridized carbons (Fsp3) is 0.0588. The van der Waals surface area contributed by atoms with Crippen LogP contribution in [0.25, 0.3) is 5.57 Å². The molecule has 0 aliphatic heterocycles. The first kappa shape index (κ1) is 13.0. The van der Waals surface area contributed by atoms with Crippen molar-refractivity contribution in [3.05, 3.63) is 84.6 Å². The lowest BCUT2D eigenvalue weighted by Crippen LogP contribution is -1.99. The summed E-state index contributed by atoms with van der Waals surface area (Å²) in [7, 11) is 0. The number of aliphatic hydroxyl groups is 1. The third-order valence-corrected chi connectivity index (χ3v) is 2.73. The molecule has 0 amide bonds. The van der Waals surface area contributed by atoms with Crippen molar-refractivity contribution in [2.75, 3.05) is 6.61 Å². The summed E-state index contributed by atoms with van der Waals surface area (Å²) in [5.74, 6) is 0.706. The zero-order valence-electron chi connectivity index (χ0n) is 10.7. The van der Waals surface area contributed by atoms with Crippen LogP contribution in [0.2, 0.25) is 0 Å². The van der Waals surface area contributed by atoms with E-state index in [4.69, 9.17) is 9.84 Å². The Hall–Kier alpha value is -2.48. The summed E-state index contributed by atoms with van der Waals surface area (Å²) in [4.78, 5) is 0. The van der Waals surface area contributed by atoms with Crippen molar-refractivity contribution in [1.82, 2.24) is 0 Å². The third kappa shape index (κ3) is 3.49. The minimum atomic E-state index is 0.0118. The molecule has 0 aromatic heterocycles. The minimum Gasteiger partial charge on any atom is -0.509 e. The second kappa shape index (κ2) is 5.91. The van der Waals surface area contributed by atoms with Crippen molar-refractivity contribution in [2.45, 2.75) is 0 Å². The molecular weight excluding hydrogens is 236 g/mol. The molecule has 2 nitrogen and oxygen atoms in total. The highest BCUT2D eigenvalue weighted by Gasteiger charge is 2.02. The molecule has 0 radical (unpaired) electrons. The molecular formula is C17H16O2. The van der Waals surface area contributed by atoms with E-state index >= 15 is 0 Å². The lowest BCUT2D eigenvalue weighted by Gasteiger charge is -2.08. The van der Waals surface area contributed by atoms with Gasteiger partial charge in [0.2, 0.25) is 0 Å². The zero-order valence-corrected chi connectivity index (χ0v) is 10.7. The van der Waals surface area contributed by atoms with Gasteiger partial charge in [0.25, 0.3) is 0 Å². The van der Waals surface area contributed by atoms with Gasteiger partial charge in [-0.3, -0.25) is 0 Å². The Morgan fingerprint density at radius 2 is 1.47 bits per heavy atom. The molecule has 0 bridgehead atoms. The van der Waals surface area contributed by atoms with Crippen LogP contribution in [0.4, 0.5) is 0 Å². The van der Waals surface area contributed by atoms with Gasteiger partial charge in [0.15, 0.2) is 0 Å². The van der Waals surface area contributed by atoms with Crippen LogP contribution in [0.1, 0.15) is 11.1 Å². The highest BCUT2D eigenvalue weighted by atomic mass is 16.5. The van der Waals surface area contributed by atoms with Gasteiger partial charge in [-0.2, -0.15) is 0 Å². The molecule has 0 saturated carbocycles. The van der Waals surface area contributed by atoms with Gasteiger partial charge in [-0.25, -0.2) is 0 Å². The van der Waals surface area contributed by atoms with Crippen LogP contribution < -0.4 is 4.74 Å². The van der Waals surface area contributed by atoms with Crippen LogP contribution in [-0.4, -0.2) is 11.7 Å². The van der Waals surface area contributed by atoms with Crippen molar-refractivity contribution in [1.29, 1.82) is 0 Å². The molecule has 2 aromatic rings. The Labute approximate surface area is 113 Å². The number of hydrogen-bond acceptors (Lipinski definition) is 2. The van der Waals surface area contributed by atoms with Gasteiger partial charge in [-0.1, -0.05) is 55.6 Å². The Morgan fingerprint density at radius 3 is 2.05 bits per heavy atom. The van der Waals surface area contributed by atoms with Crippen LogP contribution in [0.15, 0.2) is 73.5 Å². The highest BCUT2D eigenvalue weighted by Crippen LogP contribution is 2.23. The number of ether oxygens (including phenoxy) is 1. The number of rotatable bonds is 5. The largest absolute Gasteiger partial charge is 0.509 e. The van der Waals surface area contributed by atoms with E-state index in [9.17, 15) is 0 Å². The quantitative estimate of drug-likeness (QED) is 0.808. The van der Waals surface area contributed by atoms with E-state index in [0.29, 0.717) is 5.75 Å². The monoisotopic (exact) mass is 252 g/mol. The number of benzene rings is 2. The van der Waals surface area contributed by atoms with Crippen LogP contribution in [0, 0.1) is 0 Å². The maximum atomic E-state index is 8.97. The molecule has 0 heterocycles. The fourth-order valence-electron chi connectivity index (χ4n) is 1.72. The molecule has 2 aromatic carbocycles. The SMILES string of the molecule is C=C(O)COc1ccc(C(=C)c2ccccc2)cc1. The lowest BCUT2D eigenvalue weighted by atomic mass is 10.00. The van der Waals surface area contributed by atoms with Crippen molar-refractivity contribution >= 4 is 5.57 Å². The molecule has 0 atom stereocenters. The molecule has 0 spiro atoms. The average Bonchev–Trinajstić information content (AvgIpc) is 2.46. The Balaban J connectivity index is 2.10. The Morgan fingerprint density at radius 1 is 0.895 bits per heavy atom. The topological polar surface area (TPSA) is 29.5 Å². The Bertz CT molecular complexity index is 568. The molecule has 19 heavy (non-hydrogen) atoms. The molecule has 2 heteroatoms. The first-order chi connectivity index (χ1) is 9.16. The summed E-state index contributed by atoms with van der Waals surface area (Å²) >= 11 is 0. The van der Waals surface area contributed by atoms with Crippen molar-refractivity contribution in [2.24, 2.45) is 0 Å². The summed E-state index contributed by atoms with van der Waals surface area (Å²) < 4.78 is 5.33. The van der Waals surface area contributed by atoms with Crippen LogP contribution in [-0.2, 0) is 0 Å².